The fraction of sp³-hybridized carbons (Fsp3) is 0.529. The van der Waals surface area contributed by atoms with Crippen molar-refractivity contribution in [3.05, 3.63) is 28.3 Å². The smallest absolute Gasteiger partial charge is 0.284 e. The predicted octanol–water partition coefficient (Wildman–Crippen LogP) is 3.47. The molecule has 0 aliphatic rings. The standard InChI is InChI=1S/C17H25N5O5S3/c1-4-21(5-2)30(25,26)13-8-9-15(14(12-13)22(23)24)28-17-20-19-16(29-17)18-10-7-11-27-6-3/h8-9,12H,4-7,10-11H2,1-3H3,(H,18,19). The summed E-state index contributed by atoms with van der Waals surface area (Å²) in [6.07, 6.45) is 0.823. The lowest BCUT2D eigenvalue weighted by Gasteiger charge is -2.18. The van der Waals surface area contributed by atoms with Crippen LogP contribution in [0.25, 0.3) is 0 Å². The van der Waals surface area contributed by atoms with Gasteiger partial charge in [0.15, 0.2) is 4.34 Å². The molecule has 0 fully saturated rings. The summed E-state index contributed by atoms with van der Waals surface area (Å²) >= 11 is 2.35. The van der Waals surface area contributed by atoms with Crippen LogP contribution in [0.1, 0.15) is 27.2 Å². The van der Waals surface area contributed by atoms with Crippen LogP contribution in [0.15, 0.2) is 32.3 Å². The molecule has 1 aromatic carbocycles. The molecule has 166 valence electrons. The molecular weight excluding hydrogens is 450 g/mol. The SMILES string of the molecule is CCOCCCNc1nnc(Sc2ccc(S(=O)(=O)N(CC)CC)cc2[N+](=O)[O-])s1. The molecule has 10 nitrogen and oxygen atoms in total. The molecule has 13 heteroatoms. The molecule has 0 saturated carbocycles. The van der Waals surface area contributed by atoms with Crippen molar-refractivity contribution in [2.75, 3.05) is 38.2 Å². The van der Waals surface area contributed by atoms with Gasteiger partial charge in [0.25, 0.3) is 5.69 Å². The second-order valence-corrected chi connectivity index (χ2v) is 10.1. The average molecular weight is 476 g/mol. The minimum atomic E-state index is -3.79. The van der Waals surface area contributed by atoms with Crippen molar-refractivity contribution in [1.29, 1.82) is 0 Å². The summed E-state index contributed by atoms with van der Waals surface area (Å²) in [4.78, 5) is 11.2. The van der Waals surface area contributed by atoms with Crippen molar-refractivity contribution >= 4 is 43.9 Å². The largest absolute Gasteiger partial charge is 0.382 e. The zero-order valence-corrected chi connectivity index (χ0v) is 19.5. The van der Waals surface area contributed by atoms with Gasteiger partial charge in [0, 0.05) is 38.9 Å². The molecular formula is C17H25N5O5S3. The summed E-state index contributed by atoms with van der Waals surface area (Å²) in [7, 11) is -3.79. The lowest BCUT2D eigenvalue weighted by Crippen LogP contribution is -2.30. The number of nitro groups is 1. The Kier molecular flexibility index (Phi) is 9.42. The molecule has 0 aliphatic heterocycles. The van der Waals surface area contributed by atoms with E-state index in [9.17, 15) is 18.5 Å². The van der Waals surface area contributed by atoms with Crippen LogP contribution in [0.3, 0.4) is 0 Å². The van der Waals surface area contributed by atoms with E-state index < -0.39 is 14.9 Å². The zero-order valence-electron chi connectivity index (χ0n) is 17.0. The highest BCUT2D eigenvalue weighted by Gasteiger charge is 2.26. The van der Waals surface area contributed by atoms with E-state index in [4.69, 9.17) is 4.74 Å². The Labute approximate surface area is 184 Å². The zero-order chi connectivity index (χ0) is 22.1. The van der Waals surface area contributed by atoms with Crippen LogP contribution >= 0.6 is 23.1 Å². The molecule has 2 aromatic rings. The van der Waals surface area contributed by atoms with Crippen molar-refractivity contribution < 1.29 is 18.1 Å². The Morgan fingerprint density at radius 3 is 2.63 bits per heavy atom. The van der Waals surface area contributed by atoms with Gasteiger partial charge in [0.05, 0.1) is 14.7 Å². The topological polar surface area (TPSA) is 128 Å². The summed E-state index contributed by atoms with van der Waals surface area (Å²) in [6.45, 7) is 7.95. The molecule has 0 unspecified atom stereocenters. The molecule has 30 heavy (non-hydrogen) atoms. The maximum Gasteiger partial charge on any atom is 0.284 e. The first-order chi connectivity index (χ1) is 14.3. The summed E-state index contributed by atoms with van der Waals surface area (Å²) < 4.78 is 32.4. The van der Waals surface area contributed by atoms with Crippen LogP contribution in [0.5, 0.6) is 0 Å². The van der Waals surface area contributed by atoms with E-state index >= 15 is 0 Å². The van der Waals surface area contributed by atoms with Crippen LogP contribution in [0.2, 0.25) is 0 Å². The minimum Gasteiger partial charge on any atom is -0.382 e. The Balaban J connectivity index is 2.16. The van der Waals surface area contributed by atoms with Gasteiger partial charge in [-0.05, 0) is 37.2 Å². The molecule has 0 radical (unpaired) electrons. The molecule has 1 heterocycles. The van der Waals surface area contributed by atoms with Crippen molar-refractivity contribution in [2.45, 2.75) is 41.3 Å². The maximum atomic E-state index is 12.7. The number of hydrogen-bond acceptors (Lipinski definition) is 10. The Morgan fingerprint density at radius 2 is 2.00 bits per heavy atom. The van der Waals surface area contributed by atoms with Gasteiger partial charge in [-0.25, -0.2) is 8.42 Å². The normalized spacial score (nSPS) is 11.7. The Hall–Kier alpha value is -1.80. The van der Waals surface area contributed by atoms with Crippen molar-refractivity contribution in [2.24, 2.45) is 0 Å². The van der Waals surface area contributed by atoms with Crippen molar-refractivity contribution in [3.8, 4) is 0 Å². The number of nitrogens with zero attached hydrogens (tertiary/aromatic N) is 4. The van der Waals surface area contributed by atoms with Crippen LogP contribution in [0, 0.1) is 10.1 Å². The average Bonchev–Trinajstić information content (AvgIpc) is 3.15. The number of benzene rings is 1. The monoisotopic (exact) mass is 475 g/mol. The molecule has 2 rings (SSSR count). The number of nitrogens with one attached hydrogen (secondary N) is 1. The summed E-state index contributed by atoms with van der Waals surface area (Å²) in [5.74, 6) is 0. The molecule has 0 amide bonds. The summed E-state index contributed by atoms with van der Waals surface area (Å²) in [5.41, 5.74) is -0.283. The highest BCUT2D eigenvalue weighted by Crippen LogP contribution is 2.38. The number of rotatable bonds is 13. The van der Waals surface area contributed by atoms with Crippen molar-refractivity contribution in [3.63, 3.8) is 0 Å². The quantitative estimate of drug-likeness (QED) is 0.263. The van der Waals surface area contributed by atoms with E-state index in [2.05, 4.69) is 15.5 Å². The van der Waals surface area contributed by atoms with E-state index in [1.165, 1.54) is 27.8 Å². The van der Waals surface area contributed by atoms with Crippen molar-refractivity contribution in [1.82, 2.24) is 14.5 Å². The van der Waals surface area contributed by atoms with E-state index in [1.807, 2.05) is 6.92 Å². The highest BCUT2D eigenvalue weighted by molar-refractivity contribution is 8.01. The molecule has 1 aromatic heterocycles. The van der Waals surface area contributed by atoms with Gasteiger partial charge in [0.2, 0.25) is 15.2 Å². The molecule has 0 aliphatic carbocycles. The first-order valence-electron chi connectivity index (χ1n) is 9.45. The third-order valence-corrected chi connectivity index (χ3v) is 8.06. The van der Waals surface area contributed by atoms with Gasteiger partial charge in [0.1, 0.15) is 0 Å². The van der Waals surface area contributed by atoms with Gasteiger partial charge in [-0.15, -0.1) is 10.2 Å². The second-order valence-electron chi connectivity index (χ2n) is 5.93. The molecule has 0 saturated heterocycles. The lowest BCUT2D eigenvalue weighted by atomic mass is 10.3. The maximum absolute atomic E-state index is 12.7. The first kappa shape index (κ1) is 24.5. The van der Waals surface area contributed by atoms with Gasteiger partial charge in [-0.2, -0.15) is 4.31 Å². The van der Waals surface area contributed by atoms with Crippen LogP contribution < -0.4 is 5.32 Å². The van der Waals surface area contributed by atoms with E-state index in [0.29, 0.717) is 34.1 Å². The Morgan fingerprint density at radius 1 is 1.27 bits per heavy atom. The van der Waals surface area contributed by atoms with E-state index in [0.717, 1.165) is 24.2 Å². The molecule has 1 N–H and O–H groups in total. The van der Waals surface area contributed by atoms with E-state index in [-0.39, 0.29) is 23.7 Å². The number of sulfonamides is 1. The third-order valence-electron chi connectivity index (χ3n) is 4.02. The molecule has 0 bridgehead atoms. The molecule has 0 spiro atoms. The van der Waals surface area contributed by atoms with Crippen LogP contribution in [-0.2, 0) is 14.8 Å². The highest BCUT2D eigenvalue weighted by atomic mass is 32.2. The second kappa shape index (κ2) is 11.6. The fourth-order valence-electron chi connectivity index (χ4n) is 2.53. The number of ether oxygens (including phenoxy) is 1. The van der Waals surface area contributed by atoms with Crippen LogP contribution in [0.4, 0.5) is 10.8 Å². The number of nitro benzene ring substituents is 1. The predicted molar refractivity (Wildman–Crippen MR) is 117 cm³/mol. The summed E-state index contributed by atoms with van der Waals surface area (Å²) in [5, 5.41) is 23.4. The number of aromatic nitrogens is 2. The molecule has 0 atom stereocenters. The lowest BCUT2D eigenvalue weighted by molar-refractivity contribution is -0.388. The van der Waals surface area contributed by atoms with E-state index in [1.54, 1.807) is 13.8 Å². The Bertz CT molecular complexity index is 947. The van der Waals surface area contributed by atoms with Crippen LogP contribution in [-0.4, -0.2) is 60.7 Å². The summed E-state index contributed by atoms with van der Waals surface area (Å²) in [6, 6.07) is 3.93. The van der Waals surface area contributed by atoms with Gasteiger partial charge < -0.3 is 10.1 Å². The first-order valence-corrected chi connectivity index (χ1v) is 12.5. The number of anilines is 1. The minimum absolute atomic E-state index is 0.101. The fourth-order valence-corrected chi connectivity index (χ4v) is 5.83. The number of hydrogen-bond donors (Lipinski definition) is 1. The van der Waals surface area contributed by atoms with Gasteiger partial charge in [-0.1, -0.05) is 25.2 Å². The third kappa shape index (κ3) is 6.35. The van der Waals surface area contributed by atoms with Gasteiger partial charge >= 0.3 is 0 Å². The van der Waals surface area contributed by atoms with Gasteiger partial charge in [-0.3, -0.25) is 10.1 Å².